The van der Waals surface area contributed by atoms with Crippen LogP contribution in [0.5, 0.6) is 17.2 Å². The van der Waals surface area contributed by atoms with Crippen molar-refractivity contribution in [1.82, 2.24) is 5.32 Å². The largest absolute Gasteiger partial charge is 0.497 e. The van der Waals surface area contributed by atoms with Gasteiger partial charge in [0.05, 0.1) is 13.2 Å². The molecule has 0 bridgehead atoms. The zero-order chi connectivity index (χ0) is 20.5. The summed E-state index contributed by atoms with van der Waals surface area (Å²) in [6, 6.07) is 11.5. The highest BCUT2D eigenvalue weighted by Gasteiger charge is 2.35. The third-order valence-corrected chi connectivity index (χ3v) is 4.87. The minimum absolute atomic E-state index is 0.149. The lowest BCUT2D eigenvalue weighted by Crippen LogP contribution is -2.44. The lowest BCUT2D eigenvalue weighted by atomic mass is 9.89. The third-order valence-electron chi connectivity index (χ3n) is 4.87. The van der Waals surface area contributed by atoms with Gasteiger partial charge in [-0.05, 0) is 70.0 Å². The Labute approximate surface area is 167 Å². The number of carbonyl (C=O) groups excluding carboxylic acids is 1. The molecule has 5 heteroatoms. The molecule has 0 saturated heterocycles. The summed E-state index contributed by atoms with van der Waals surface area (Å²) < 4.78 is 17.3. The van der Waals surface area contributed by atoms with Gasteiger partial charge in [-0.2, -0.15) is 0 Å². The number of fused-ring (bicyclic) bond motifs is 1. The zero-order valence-corrected chi connectivity index (χ0v) is 17.5. The first-order chi connectivity index (χ1) is 13.2. The first kappa shape index (κ1) is 20.1. The van der Waals surface area contributed by atoms with Crippen LogP contribution in [0.2, 0.25) is 0 Å². The maximum Gasteiger partial charge on any atom is 0.261 e. The summed E-state index contributed by atoms with van der Waals surface area (Å²) in [6.07, 6.45) is 0.0720. The van der Waals surface area contributed by atoms with Crippen LogP contribution in [0.25, 0.3) is 0 Å². The van der Waals surface area contributed by atoms with Gasteiger partial charge < -0.3 is 19.5 Å². The highest BCUT2D eigenvalue weighted by Crippen LogP contribution is 2.41. The molecule has 2 aromatic rings. The van der Waals surface area contributed by atoms with E-state index >= 15 is 0 Å². The Hall–Kier alpha value is -2.69. The average molecular weight is 383 g/mol. The number of hydrogen-bond acceptors (Lipinski definition) is 4. The van der Waals surface area contributed by atoms with E-state index in [1.54, 1.807) is 14.0 Å². The van der Waals surface area contributed by atoms with Gasteiger partial charge in [0.15, 0.2) is 6.10 Å². The molecule has 2 atom stereocenters. The van der Waals surface area contributed by atoms with Crippen LogP contribution in [0.4, 0.5) is 0 Å². The number of methoxy groups -OCH3 is 1. The van der Waals surface area contributed by atoms with Crippen molar-refractivity contribution in [2.24, 2.45) is 0 Å². The quantitative estimate of drug-likeness (QED) is 0.826. The predicted molar refractivity (Wildman–Crippen MR) is 109 cm³/mol. The standard InChI is InChI=1S/C23H29NO4/c1-14-9-15(2)11-18(10-14)27-16(3)22(25)24-20-13-23(4,5)28-21-12-17(26-6)7-8-19(20)21/h7-12,16,20H,13H2,1-6H3,(H,24,25)/t16-,20+/m0/s1. The van der Waals surface area contributed by atoms with Crippen molar-refractivity contribution in [2.75, 3.05) is 7.11 Å². The number of benzene rings is 2. The van der Waals surface area contributed by atoms with E-state index in [2.05, 4.69) is 11.4 Å². The summed E-state index contributed by atoms with van der Waals surface area (Å²) >= 11 is 0. The number of carbonyl (C=O) groups is 1. The summed E-state index contributed by atoms with van der Waals surface area (Å²) in [5.74, 6) is 2.03. The van der Waals surface area contributed by atoms with Gasteiger partial charge in [0.25, 0.3) is 5.91 Å². The second-order valence-corrected chi connectivity index (χ2v) is 8.11. The summed E-state index contributed by atoms with van der Waals surface area (Å²) in [6.45, 7) is 9.83. The monoisotopic (exact) mass is 383 g/mol. The van der Waals surface area contributed by atoms with Crippen LogP contribution in [0.1, 0.15) is 49.9 Å². The average Bonchev–Trinajstić information content (AvgIpc) is 2.59. The van der Waals surface area contributed by atoms with E-state index < -0.39 is 11.7 Å². The highest BCUT2D eigenvalue weighted by atomic mass is 16.5. The minimum atomic E-state index is -0.603. The van der Waals surface area contributed by atoms with Crippen molar-refractivity contribution in [1.29, 1.82) is 0 Å². The fourth-order valence-corrected chi connectivity index (χ4v) is 3.64. The molecule has 0 radical (unpaired) electrons. The normalized spacial score (nSPS) is 18.4. The molecule has 1 N–H and O–H groups in total. The topological polar surface area (TPSA) is 56.8 Å². The maximum atomic E-state index is 12.8. The first-order valence-electron chi connectivity index (χ1n) is 9.59. The summed E-state index contributed by atoms with van der Waals surface area (Å²) in [5, 5.41) is 3.13. The molecule has 1 amide bonds. The Bertz CT molecular complexity index is 855. The molecule has 0 aromatic heterocycles. The maximum absolute atomic E-state index is 12.8. The molecule has 0 spiro atoms. The van der Waals surface area contributed by atoms with E-state index in [4.69, 9.17) is 14.2 Å². The molecule has 3 rings (SSSR count). The first-order valence-corrected chi connectivity index (χ1v) is 9.59. The van der Waals surface area contributed by atoms with Crippen molar-refractivity contribution in [3.05, 3.63) is 53.1 Å². The predicted octanol–water partition coefficient (Wildman–Crippen LogP) is 4.50. The van der Waals surface area contributed by atoms with Gasteiger partial charge in [0, 0.05) is 18.1 Å². The fraction of sp³-hybridized carbons (Fsp3) is 0.435. The van der Waals surface area contributed by atoms with E-state index in [1.807, 2.05) is 58.0 Å². The van der Waals surface area contributed by atoms with Crippen molar-refractivity contribution in [3.63, 3.8) is 0 Å². The van der Waals surface area contributed by atoms with Gasteiger partial charge in [-0.15, -0.1) is 0 Å². The number of nitrogens with one attached hydrogen (secondary N) is 1. The lowest BCUT2D eigenvalue weighted by Gasteiger charge is -2.38. The molecule has 0 aliphatic carbocycles. The lowest BCUT2D eigenvalue weighted by molar-refractivity contribution is -0.128. The van der Waals surface area contributed by atoms with E-state index in [1.165, 1.54) is 0 Å². The van der Waals surface area contributed by atoms with Crippen molar-refractivity contribution in [3.8, 4) is 17.2 Å². The third kappa shape index (κ3) is 4.58. The van der Waals surface area contributed by atoms with Gasteiger partial charge >= 0.3 is 0 Å². The number of rotatable bonds is 5. The van der Waals surface area contributed by atoms with Gasteiger partial charge in [-0.3, -0.25) is 4.79 Å². The summed E-state index contributed by atoms with van der Waals surface area (Å²) in [5.41, 5.74) is 2.77. The van der Waals surface area contributed by atoms with Crippen molar-refractivity contribution >= 4 is 5.91 Å². The minimum Gasteiger partial charge on any atom is -0.497 e. The molecular formula is C23H29NO4. The summed E-state index contributed by atoms with van der Waals surface area (Å²) in [4.78, 5) is 12.8. The molecule has 28 heavy (non-hydrogen) atoms. The SMILES string of the molecule is COc1ccc2c(c1)OC(C)(C)C[C@H]2NC(=O)[C@H](C)Oc1cc(C)cc(C)c1. The second-order valence-electron chi connectivity index (χ2n) is 8.11. The van der Waals surface area contributed by atoms with Gasteiger partial charge in [0.1, 0.15) is 22.8 Å². The Morgan fingerprint density at radius 3 is 2.46 bits per heavy atom. The Kier molecular flexibility index (Phi) is 5.54. The van der Waals surface area contributed by atoms with Crippen LogP contribution in [-0.4, -0.2) is 24.7 Å². The molecular weight excluding hydrogens is 354 g/mol. The van der Waals surface area contributed by atoms with E-state index in [0.29, 0.717) is 12.2 Å². The number of hydrogen-bond donors (Lipinski definition) is 1. The van der Waals surface area contributed by atoms with E-state index in [9.17, 15) is 4.79 Å². The molecule has 0 fully saturated rings. The van der Waals surface area contributed by atoms with Gasteiger partial charge in [-0.1, -0.05) is 6.07 Å². The molecule has 150 valence electrons. The second kappa shape index (κ2) is 7.74. The number of aryl methyl sites for hydroxylation is 2. The van der Waals surface area contributed by atoms with Crippen LogP contribution in [0.15, 0.2) is 36.4 Å². The Balaban J connectivity index is 1.76. The van der Waals surface area contributed by atoms with Gasteiger partial charge in [0.2, 0.25) is 0 Å². The van der Waals surface area contributed by atoms with Gasteiger partial charge in [-0.25, -0.2) is 0 Å². The molecule has 1 aliphatic heterocycles. The molecule has 5 nitrogen and oxygen atoms in total. The molecule has 0 saturated carbocycles. The molecule has 1 aliphatic rings. The van der Waals surface area contributed by atoms with Crippen LogP contribution in [-0.2, 0) is 4.79 Å². The van der Waals surface area contributed by atoms with E-state index in [0.717, 1.165) is 28.2 Å². The van der Waals surface area contributed by atoms with Crippen molar-refractivity contribution in [2.45, 2.75) is 58.8 Å². The van der Waals surface area contributed by atoms with Crippen molar-refractivity contribution < 1.29 is 19.0 Å². The Morgan fingerprint density at radius 2 is 1.82 bits per heavy atom. The zero-order valence-electron chi connectivity index (χ0n) is 17.5. The molecule has 0 unspecified atom stereocenters. The smallest absolute Gasteiger partial charge is 0.261 e. The van der Waals surface area contributed by atoms with Crippen LogP contribution >= 0.6 is 0 Å². The fourth-order valence-electron chi connectivity index (χ4n) is 3.64. The number of amides is 1. The molecule has 2 aromatic carbocycles. The van der Waals surface area contributed by atoms with Crippen LogP contribution < -0.4 is 19.5 Å². The van der Waals surface area contributed by atoms with Crippen LogP contribution in [0, 0.1) is 13.8 Å². The number of ether oxygens (including phenoxy) is 3. The Morgan fingerprint density at radius 1 is 1.14 bits per heavy atom. The van der Waals surface area contributed by atoms with Crippen LogP contribution in [0.3, 0.4) is 0 Å². The van der Waals surface area contributed by atoms with E-state index in [-0.39, 0.29) is 11.9 Å². The molecule has 1 heterocycles. The summed E-state index contributed by atoms with van der Waals surface area (Å²) in [7, 11) is 1.63. The highest BCUT2D eigenvalue weighted by molar-refractivity contribution is 5.81.